The number of carboxylic acid groups (broad SMARTS) is 1. The van der Waals surface area contributed by atoms with Gasteiger partial charge in [0, 0.05) is 16.1 Å². The molecule has 12 heteroatoms. The van der Waals surface area contributed by atoms with Gasteiger partial charge in [0.05, 0.1) is 13.2 Å². The summed E-state index contributed by atoms with van der Waals surface area (Å²) >= 11 is 0. The van der Waals surface area contributed by atoms with E-state index < -0.39 is 63.6 Å². The molecule has 1 fully saturated rings. The Morgan fingerprint density at radius 3 is 1.55 bits per heavy atom. The Kier molecular flexibility index (Phi) is 9.45. The second-order valence-corrected chi connectivity index (χ2v) is 22.7. The van der Waals surface area contributed by atoms with Crippen LogP contribution in [0.15, 0.2) is 0 Å². The molecule has 2 atom stereocenters. The molecule has 0 aromatic rings. The van der Waals surface area contributed by atoms with Gasteiger partial charge in [0.2, 0.25) is 0 Å². The minimum absolute atomic E-state index is 0.0138. The highest BCUT2D eigenvalue weighted by Crippen LogP contribution is 2.34. The standard InChI is InChI=1S/C21H38O10Si2/c1-20(2,3)31-17(24)15-14(16(22)23)29-21(30-15,18(25)27-10-12-32(4,5)6)19(26)28-11-13-33(7,8)9/h14-15H,10-13H2,1-9H3,(H,22,23)/t14-,15-/m0/s1. The van der Waals surface area contributed by atoms with E-state index in [0.717, 1.165) is 0 Å². The molecule has 0 aromatic heterocycles. The first kappa shape index (κ1) is 29.3. The Morgan fingerprint density at radius 2 is 1.21 bits per heavy atom. The van der Waals surface area contributed by atoms with Gasteiger partial charge >= 0.3 is 29.7 Å². The highest BCUT2D eigenvalue weighted by Gasteiger charge is 2.65. The lowest BCUT2D eigenvalue weighted by atomic mass is 10.1. The average Bonchev–Trinajstić information content (AvgIpc) is 3.00. The van der Waals surface area contributed by atoms with Crippen LogP contribution in [0.25, 0.3) is 0 Å². The Morgan fingerprint density at radius 1 is 0.818 bits per heavy atom. The molecule has 0 aliphatic carbocycles. The number of rotatable bonds is 10. The number of hydrogen-bond donors (Lipinski definition) is 1. The van der Waals surface area contributed by atoms with Crippen molar-refractivity contribution in [2.45, 2.75) is 95.7 Å². The molecule has 190 valence electrons. The molecule has 0 saturated carbocycles. The monoisotopic (exact) mass is 506 g/mol. The van der Waals surface area contributed by atoms with Gasteiger partial charge in [-0.2, -0.15) is 0 Å². The molecule has 1 saturated heterocycles. The van der Waals surface area contributed by atoms with Gasteiger partial charge in [0.1, 0.15) is 5.60 Å². The van der Waals surface area contributed by atoms with E-state index in [0.29, 0.717) is 12.1 Å². The van der Waals surface area contributed by atoms with Gasteiger partial charge in [-0.05, 0) is 32.9 Å². The molecule has 0 bridgehead atoms. The van der Waals surface area contributed by atoms with Crippen LogP contribution in [0.3, 0.4) is 0 Å². The zero-order chi connectivity index (χ0) is 25.8. The minimum atomic E-state index is -2.83. The maximum atomic E-state index is 13.0. The van der Waals surface area contributed by atoms with Crippen molar-refractivity contribution in [2.24, 2.45) is 0 Å². The fourth-order valence-corrected chi connectivity index (χ4v) is 4.01. The van der Waals surface area contributed by atoms with E-state index in [-0.39, 0.29) is 13.2 Å². The van der Waals surface area contributed by atoms with E-state index >= 15 is 0 Å². The Hall–Kier alpha value is -1.77. The SMILES string of the molecule is CC(C)(C)OC(=O)[C@H]1OC(C(=O)OCC[Si](C)(C)C)(C(=O)OCC[Si](C)(C)C)O[C@@H]1C(=O)O. The summed E-state index contributed by atoms with van der Waals surface area (Å²) in [5.74, 6) is -8.02. The fourth-order valence-electron chi connectivity index (χ4n) is 2.59. The third-order valence-electron chi connectivity index (χ3n) is 4.45. The first-order chi connectivity index (χ1) is 14.8. The Bertz CT molecular complexity index is 714. The number of esters is 3. The molecule has 1 aliphatic heterocycles. The van der Waals surface area contributed by atoms with Crippen molar-refractivity contribution in [3.8, 4) is 0 Å². The highest BCUT2D eigenvalue weighted by molar-refractivity contribution is 6.76. The lowest BCUT2D eigenvalue weighted by Crippen LogP contribution is -2.51. The molecule has 0 radical (unpaired) electrons. The quantitative estimate of drug-likeness (QED) is 0.204. The molecule has 0 amide bonds. The predicted molar refractivity (Wildman–Crippen MR) is 124 cm³/mol. The third-order valence-corrected chi connectivity index (χ3v) is 7.86. The summed E-state index contributed by atoms with van der Waals surface area (Å²) in [6.45, 7) is 17.2. The molecule has 0 aromatic carbocycles. The van der Waals surface area contributed by atoms with Crippen LogP contribution in [0, 0.1) is 0 Å². The Labute approximate surface area is 197 Å². The molecule has 1 N–H and O–H groups in total. The van der Waals surface area contributed by atoms with Crippen LogP contribution in [0.1, 0.15) is 20.8 Å². The van der Waals surface area contributed by atoms with Crippen molar-refractivity contribution in [2.75, 3.05) is 13.2 Å². The number of hydrogen-bond acceptors (Lipinski definition) is 9. The summed E-state index contributed by atoms with van der Waals surface area (Å²) in [5.41, 5.74) is -0.968. The van der Waals surface area contributed by atoms with Crippen molar-refractivity contribution in [1.82, 2.24) is 0 Å². The van der Waals surface area contributed by atoms with E-state index in [2.05, 4.69) is 39.3 Å². The normalized spacial score (nSPS) is 20.8. The molecular weight excluding hydrogens is 468 g/mol. The van der Waals surface area contributed by atoms with E-state index in [9.17, 15) is 24.3 Å². The van der Waals surface area contributed by atoms with Crippen LogP contribution in [0.4, 0.5) is 0 Å². The fraction of sp³-hybridized carbons (Fsp3) is 0.810. The van der Waals surface area contributed by atoms with E-state index in [1.807, 2.05) is 0 Å². The maximum Gasteiger partial charge on any atom is 0.379 e. The number of aliphatic carboxylic acids is 1. The summed E-state index contributed by atoms with van der Waals surface area (Å²) in [7, 11) is -3.17. The van der Waals surface area contributed by atoms with Crippen LogP contribution < -0.4 is 0 Å². The van der Waals surface area contributed by atoms with Crippen LogP contribution in [0.2, 0.25) is 51.4 Å². The van der Waals surface area contributed by atoms with Crippen molar-refractivity contribution in [3.63, 3.8) is 0 Å². The summed E-state index contributed by atoms with van der Waals surface area (Å²) in [5, 5.41) is 9.59. The van der Waals surface area contributed by atoms with Gasteiger partial charge in [-0.3, -0.25) is 0 Å². The van der Waals surface area contributed by atoms with E-state index in [1.165, 1.54) is 0 Å². The van der Waals surface area contributed by atoms with Crippen molar-refractivity contribution >= 4 is 40.0 Å². The molecule has 1 rings (SSSR count). The van der Waals surface area contributed by atoms with Gasteiger partial charge < -0.3 is 28.8 Å². The summed E-state index contributed by atoms with van der Waals surface area (Å²) in [6.07, 6.45) is -3.83. The van der Waals surface area contributed by atoms with Gasteiger partial charge in [-0.15, -0.1) is 0 Å². The molecule has 33 heavy (non-hydrogen) atoms. The van der Waals surface area contributed by atoms with Crippen LogP contribution in [-0.2, 0) is 42.9 Å². The second-order valence-electron chi connectivity index (χ2n) is 11.5. The van der Waals surface area contributed by atoms with E-state index in [1.54, 1.807) is 20.8 Å². The van der Waals surface area contributed by atoms with E-state index in [4.69, 9.17) is 23.7 Å². The second kappa shape index (κ2) is 10.7. The van der Waals surface area contributed by atoms with Crippen molar-refractivity contribution in [1.29, 1.82) is 0 Å². The zero-order valence-electron chi connectivity index (χ0n) is 21.1. The van der Waals surface area contributed by atoms with Crippen LogP contribution >= 0.6 is 0 Å². The first-order valence-electron chi connectivity index (χ1n) is 10.9. The van der Waals surface area contributed by atoms with Crippen LogP contribution in [0.5, 0.6) is 0 Å². The average molecular weight is 507 g/mol. The van der Waals surface area contributed by atoms with Gasteiger partial charge in [-0.1, -0.05) is 39.3 Å². The molecular formula is C21H38O10Si2. The van der Waals surface area contributed by atoms with Gasteiger partial charge in [-0.25, -0.2) is 19.2 Å². The number of carbonyl (C=O) groups is 4. The van der Waals surface area contributed by atoms with Crippen molar-refractivity contribution < 1.29 is 48.0 Å². The summed E-state index contributed by atoms with van der Waals surface area (Å²) in [6, 6.07) is 1.19. The van der Waals surface area contributed by atoms with Gasteiger partial charge in [0.25, 0.3) is 0 Å². The summed E-state index contributed by atoms with van der Waals surface area (Å²) in [4.78, 5) is 50.4. The van der Waals surface area contributed by atoms with Crippen LogP contribution in [-0.4, -0.2) is 81.9 Å². The lowest BCUT2D eigenvalue weighted by molar-refractivity contribution is -0.228. The third kappa shape index (κ3) is 9.18. The maximum absolute atomic E-state index is 13.0. The smallest absolute Gasteiger partial charge is 0.379 e. The Balaban J connectivity index is 3.22. The summed E-state index contributed by atoms with van der Waals surface area (Å²) < 4.78 is 26.4. The van der Waals surface area contributed by atoms with Crippen molar-refractivity contribution in [3.05, 3.63) is 0 Å². The topological polar surface area (TPSA) is 135 Å². The molecule has 0 spiro atoms. The molecule has 1 aliphatic rings. The predicted octanol–water partition coefficient (Wildman–Crippen LogP) is 2.66. The van der Waals surface area contributed by atoms with Gasteiger partial charge in [0.15, 0.2) is 12.2 Å². The molecule has 0 unspecified atom stereocenters. The largest absolute Gasteiger partial charge is 0.479 e. The highest BCUT2D eigenvalue weighted by atomic mass is 28.3. The minimum Gasteiger partial charge on any atom is -0.479 e. The first-order valence-corrected chi connectivity index (χ1v) is 18.3. The molecule has 1 heterocycles. The number of carbonyl (C=O) groups excluding carboxylic acids is 3. The molecule has 10 nitrogen and oxygen atoms in total. The zero-order valence-corrected chi connectivity index (χ0v) is 23.1. The number of ether oxygens (including phenoxy) is 5. The lowest BCUT2D eigenvalue weighted by Gasteiger charge is -2.25. The number of carboxylic acids is 1.